The SMILES string of the molecule is O=C(C[NH+]1CCOCC1)N[C@H](c1ccccc1)c1cccs1. The Morgan fingerprint density at radius 2 is 1.95 bits per heavy atom. The average Bonchev–Trinajstić information content (AvgIpc) is 3.08. The standard InChI is InChI=1S/C17H20N2O2S/c20-16(13-19-8-10-21-11-9-19)18-17(15-7-4-12-22-15)14-5-2-1-3-6-14/h1-7,12,17H,8-11,13H2,(H,18,20)/p+1/t17-/m1/s1. The third-order valence-corrected chi connectivity index (χ3v) is 4.81. The van der Waals surface area contributed by atoms with Crippen LogP contribution in [0.4, 0.5) is 0 Å². The second kappa shape index (κ2) is 7.54. The maximum absolute atomic E-state index is 12.4. The number of carbonyl (C=O) groups is 1. The Labute approximate surface area is 134 Å². The van der Waals surface area contributed by atoms with Gasteiger partial charge in [0.25, 0.3) is 5.91 Å². The first-order valence-corrected chi connectivity index (χ1v) is 8.50. The highest BCUT2D eigenvalue weighted by Gasteiger charge is 2.22. The van der Waals surface area contributed by atoms with Crippen molar-refractivity contribution in [3.63, 3.8) is 0 Å². The van der Waals surface area contributed by atoms with E-state index in [1.807, 2.05) is 29.6 Å². The minimum Gasteiger partial charge on any atom is -0.370 e. The summed E-state index contributed by atoms with van der Waals surface area (Å²) in [6, 6.07) is 14.2. The first-order chi connectivity index (χ1) is 10.8. The van der Waals surface area contributed by atoms with E-state index >= 15 is 0 Å². The summed E-state index contributed by atoms with van der Waals surface area (Å²) in [5.74, 6) is 0.0964. The highest BCUT2D eigenvalue weighted by Crippen LogP contribution is 2.25. The van der Waals surface area contributed by atoms with Crippen molar-refractivity contribution in [3.05, 3.63) is 58.3 Å². The molecule has 1 saturated heterocycles. The van der Waals surface area contributed by atoms with E-state index in [9.17, 15) is 4.79 Å². The van der Waals surface area contributed by atoms with Gasteiger partial charge in [0.15, 0.2) is 6.54 Å². The van der Waals surface area contributed by atoms with E-state index in [2.05, 4.69) is 23.5 Å². The van der Waals surface area contributed by atoms with Crippen LogP contribution in [0.2, 0.25) is 0 Å². The number of morpholine rings is 1. The fraction of sp³-hybridized carbons (Fsp3) is 0.353. The van der Waals surface area contributed by atoms with E-state index in [0.29, 0.717) is 6.54 Å². The Morgan fingerprint density at radius 3 is 2.64 bits per heavy atom. The normalized spacial score (nSPS) is 17.1. The molecular weight excluding hydrogens is 296 g/mol. The van der Waals surface area contributed by atoms with Gasteiger partial charge in [0.2, 0.25) is 0 Å². The third kappa shape index (κ3) is 3.94. The molecule has 2 N–H and O–H groups in total. The fourth-order valence-electron chi connectivity index (χ4n) is 2.70. The van der Waals surface area contributed by atoms with Gasteiger partial charge in [-0.25, -0.2) is 0 Å². The van der Waals surface area contributed by atoms with Gasteiger partial charge in [-0.05, 0) is 17.0 Å². The second-order valence-corrected chi connectivity index (χ2v) is 6.45. The molecule has 0 aliphatic carbocycles. The molecule has 1 amide bonds. The molecule has 1 atom stereocenters. The fourth-order valence-corrected chi connectivity index (χ4v) is 3.50. The lowest BCUT2D eigenvalue weighted by atomic mass is 10.1. The maximum Gasteiger partial charge on any atom is 0.275 e. The smallest absolute Gasteiger partial charge is 0.275 e. The molecule has 0 bridgehead atoms. The van der Waals surface area contributed by atoms with Crippen molar-refractivity contribution in [3.8, 4) is 0 Å². The predicted molar refractivity (Wildman–Crippen MR) is 87.1 cm³/mol. The van der Waals surface area contributed by atoms with Crippen LogP contribution in [-0.2, 0) is 9.53 Å². The van der Waals surface area contributed by atoms with Crippen LogP contribution in [0.15, 0.2) is 47.8 Å². The lowest BCUT2D eigenvalue weighted by Gasteiger charge is -2.24. The van der Waals surface area contributed by atoms with Gasteiger partial charge >= 0.3 is 0 Å². The van der Waals surface area contributed by atoms with E-state index in [4.69, 9.17) is 4.74 Å². The van der Waals surface area contributed by atoms with Crippen molar-refractivity contribution in [1.29, 1.82) is 0 Å². The van der Waals surface area contributed by atoms with Crippen molar-refractivity contribution in [2.75, 3.05) is 32.8 Å². The van der Waals surface area contributed by atoms with Crippen molar-refractivity contribution in [1.82, 2.24) is 5.32 Å². The van der Waals surface area contributed by atoms with Gasteiger partial charge in [-0.3, -0.25) is 4.79 Å². The summed E-state index contributed by atoms with van der Waals surface area (Å²) in [5.41, 5.74) is 1.12. The molecular formula is C17H21N2O2S+. The molecule has 1 fully saturated rings. The van der Waals surface area contributed by atoms with Crippen molar-refractivity contribution >= 4 is 17.2 Å². The van der Waals surface area contributed by atoms with Gasteiger partial charge in [0.05, 0.1) is 19.3 Å². The van der Waals surface area contributed by atoms with Crippen molar-refractivity contribution in [2.24, 2.45) is 0 Å². The zero-order chi connectivity index (χ0) is 15.2. The first-order valence-electron chi connectivity index (χ1n) is 7.62. The van der Waals surface area contributed by atoms with Gasteiger partial charge in [-0.1, -0.05) is 36.4 Å². The molecule has 0 spiro atoms. The van der Waals surface area contributed by atoms with Crippen molar-refractivity contribution < 1.29 is 14.4 Å². The monoisotopic (exact) mass is 317 g/mol. The highest BCUT2D eigenvalue weighted by atomic mass is 32.1. The zero-order valence-corrected chi connectivity index (χ0v) is 13.3. The van der Waals surface area contributed by atoms with Crippen LogP contribution >= 0.6 is 11.3 Å². The van der Waals surface area contributed by atoms with Gasteiger partial charge in [0, 0.05) is 4.88 Å². The Balaban J connectivity index is 1.69. The Morgan fingerprint density at radius 1 is 1.18 bits per heavy atom. The third-order valence-electron chi connectivity index (χ3n) is 3.88. The van der Waals surface area contributed by atoms with Gasteiger partial charge in [-0.15, -0.1) is 11.3 Å². The summed E-state index contributed by atoms with van der Waals surface area (Å²) in [7, 11) is 0. The van der Waals surface area contributed by atoms with Gasteiger partial charge < -0.3 is 15.0 Å². The van der Waals surface area contributed by atoms with E-state index in [-0.39, 0.29) is 11.9 Å². The summed E-state index contributed by atoms with van der Waals surface area (Å²) >= 11 is 1.67. The highest BCUT2D eigenvalue weighted by molar-refractivity contribution is 7.10. The number of hydrogen-bond acceptors (Lipinski definition) is 3. The lowest BCUT2D eigenvalue weighted by Crippen LogP contribution is -3.15. The molecule has 22 heavy (non-hydrogen) atoms. The molecule has 0 unspecified atom stereocenters. The minimum absolute atomic E-state index is 0.0610. The minimum atomic E-state index is -0.0610. The summed E-state index contributed by atoms with van der Waals surface area (Å²) in [4.78, 5) is 14.9. The number of rotatable bonds is 5. The number of hydrogen-bond donors (Lipinski definition) is 2. The van der Waals surface area contributed by atoms with Crippen LogP contribution in [-0.4, -0.2) is 38.8 Å². The van der Waals surface area contributed by atoms with Crippen LogP contribution in [0.5, 0.6) is 0 Å². The van der Waals surface area contributed by atoms with Gasteiger partial charge in [-0.2, -0.15) is 0 Å². The van der Waals surface area contributed by atoms with Crippen LogP contribution in [0.1, 0.15) is 16.5 Å². The van der Waals surface area contributed by atoms with Crippen LogP contribution in [0, 0.1) is 0 Å². The van der Waals surface area contributed by atoms with Crippen LogP contribution < -0.4 is 10.2 Å². The molecule has 2 aromatic rings. The van der Waals surface area contributed by atoms with E-state index in [1.165, 1.54) is 4.90 Å². The average molecular weight is 317 g/mol. The lowest BCUT2D eigenvalue weighted by molar-refractivity contribution is -0.900. The summed E-state index contributed by atoms with van der Waals surface area (Å²) in [5, 5.41) is 5.24. The number of benzene rings is 1. The largest absolute Gasteiger partial charge is 0.370 e. The number of carbonyl (C=O) groups excluding carboxylic acids is 1. The van der Waals surface area contributed by atoms with Crippen LogP contribution in [0.3, 0.4) is 0 Å². The Kier molecular flexibility index (Phi) is 5.21. The number of quaternary nitrogens is 1. The number of thiophene rings is 1. The maximum atomic E-state index is 12.4. The molecule has 2 heterocycles. The predicted octanol–water partition coefficient (Wildman–Crippen LogP) is 0.869. The van der Waals surface area contributed by atoms with E-state index < -0.39 is 0 Å². The van der Waals surface area contributed by atoms with Crippen molar-refractivity contribution in [2.45, 2.75) is 6.04 Å². The first kappa shape index (κ1) is 15.2. The Bertz CT molecular complexity index is 580. The summed E-state index contributed by atoms with van der Waals surface area (Å²) < 4.78 is 5.34. The van der Waals surface area contributed by atoms with Gasteiger partial charge in [0.1, 0.15) is 13.1 Å². The number of nitrogens with one attached hydrogen (secondary N) is 2. The Hall–Kier alpha value is -1.69. The molecule has 0 radical (unpaired) electrons. The zero-order valence-electron chi connectivity index (χ0n) is 12.5. The topological polar surface area (TPSA) is 42.8 Å². The molecule has 1 aromatic heterocycles. The molecule has 1 aliphatic heterocycles. The number of amides is 1. The summed E-state index contributed by atoms with van der Waals surface area (Å²) in [6.07, 6.45) is 0. The van der Waals surface area contributed by atoms with Crippen LogP contribution in [0.25, 0.3) is 0 Å². The molecule has 3 rings (SSSR count). The quantitative estimate of drug-likeness (QED) is 0.859. The van der Waals surface area contributed by atoms with E-state index in [1.54, 1.807) is 11.3 Å². The molecule has 5 heteroatoms. The molecule has 1 aromatic carbocycles. The molecule has 1 aliphatic rings. The molecule has 116 valence electrons. The molecule has 4 nitrogen and oxygen atoms in total. The summed E-state index contributed by atoms with van der Waals surface area (Å²) in [6.45, 7) is 3.81. The van der Waals surface area contributed by atoms with E-state index in [0.717, 1.165) is 36.7 Å². The number of ether oxygens (including phenoxy) is 1. The second-order valence-electron chi connectivity index (χ2n) is 5.47. The molecule has 0 saturated carbocycles.